The Labute approximate surface area is 153 Å². The van der Waals surface area contributed by atoms with Crippen molar-refractivity contribution in [1.29, 1.82) is 5.26 Å². The van der Waals surface area contributed by atoms with Gasteiger partial charge in [-0.3, -0.25) is 19.8 Å². The molecule has 3 aliphatic heterocycles. The number of methoxy groups -OCH3 is 1. The van der Waals surface area contributed by atoms with Crippen LogP contribution in [0, 0.1) is 36.0 Å². The Hall–Kier alpha value is -2.23. The van der Waals surface area contributed by atoms with Crippen LogP contribution in [0.2, 0.25) is 0 Å². The molecule has 0 aliphatic carbocycles. The molecule has 1 N–H and O–H groups in total. The van der Waals surface area contributed by atoms with E-state index in [1.165, 1.54) is 7.11 Å². The molecule has 0 aromatic heterocycles. The molecule has 3 saturated heterocycles. The third-order valence-corrected chi connectivity index (χ3v) is 6.56. The number of aryl methyl sites for hydroxylation is 1. The quantitative estimate of drug-likeness (QED) is 0.805. The fourth-order valence-electron chi connectivity index (χ4n) is 5.42. The Bertz CT molecular complexity index is 802. The number of hydrogen-bond acceptors (Lipinski definition) is 6. The molecular weight excluding hydrogens is 330 g/mol. The number of esters is 1. The Morgan fingerprint density at radius 2 is 2.12 bits per heavy atom. The van der Waals surface area contributed by atoms with E-state index in [1.54, 1.807) is 0 Å². The van der Waals surface area contributed by atoms with Crippen LogP contribution in [0.1, 0.15) is 23.6 Å². The summed E-state index contributed by atoms with van der Waals surface area (Å²) in [7, 11) is 3.27. The molecule has 2 bridgehead atoms. The molecule has 0 unspecified atom stereocenters. The molecular formula is C20H23N3O3. The molecule has 3 heterocycles. The van der Waals surface area contributed by atoms with Crippen molar-refractivity contribution in [1.82, 2.24) is 10.2 Å². The zero-order chi connectivity index (χ0) is 18.6. The van der Waals surface area contributed by atoms with E-state index in [1.807, 2.05) is 43.1 Å². The van der Waals surface area contributed by atoms with Crippen LogP contribution in [-0.2, 0) is 14.3 Å². The summed E-state index contributed by atoms with van der Waals surface area (Å²) in [4.78, 5) is 27.9. The van der Waals surface area contributed by atoms with Crippen LogP contribution in [0.5, 0.6) is 0 Å². The van der Waals surface area contributed by atoms with Gasteiger partial charge in [-0.2, -0.15) is 5.26 Å². The van der Waals surface area contributed by atoms with Crippen molar-refractivity contribution < 1.29 is 14.3 Å². The molecule has 26 heavy (non-hydrogen) atoms. The highest BCUT2D eigenvalue weighted by atomic mass is 16.5. The van der Waals surface area contributed by atoms with E-state index in [4.69, 9.17) is 4.74 Å². The monoisotopic (exact) mass is 353 g/mol. The van der Waals surface area contributed by atoms with Gasteiger partial charge in [0, 0.05) is 23.9 Å². The van der Waals surface area contributed by atoms with Gasteiger partial charge in [-0.15, -0.1) is 0 Å². The zero-order valence-corrected chi connectivity index (χ0v) is 15.2. The average Bonchev–Trinajstić information content (AvgIpc) is 3.14. The molecule has 0 amide bonds. The van der Waals surface area contributed by atoms with Crippen LogP contribution >= 0.6 is 0 Å². The summed E-state index contributed by atoms with van der Waals surface area (Å²) in [6.45, 7) is 2.02. The number of ketones is 1. The number of benzene rings is 1. The third-order valence-electron chi connectivity index (χ3n) is 6.56. The lowest BCUT2D eigenvalue weighted by atomic mass is 9.73. The summed E-state index contributed by atoms with van der Waals surface area (Å²) in [6.07, 6.45) is 0.553. The lowest BCUT2D eigenvalue weighted by Gasteiger charge is -2.41. The number of nitrogens with one attached hydrogen (secondary N) is 1. The van der Waals surface area contributed by atoms with Gasteiger partial charge in [-0.25, -0.2) is 0 Å². The summed E-state index contributed by atoms with van der Waals surface area (Å²) in [6, 6.07) is 9.16. The lowest BCUT2D eigenvalue weighted by Crippen LogP contribution is -2.56. The van der Waals surface area contributed by atoms with E-state index in [0.717, 1.165) is 11.1 Å². The number of hydrogen-bond donors (Lipinski definition) is 1. The number of rotatable bonds is 2. The van der Waals surface area contributed by atoms with Crippen LogP contribution in [0.3, 0.4) is 0 Å². The first kappa shape index (κ1) is 17.2. The lowest BCUT2D eigenvalue weighted by molar-refractivity contribution is -0.146. The number of carbonyl (C=O) groups excluding carboxylic acids is 2. The highest BCUT2D eigenvalue weighted by molar-refractivity contribution is 5.91. The van der Waals surface area contributed by atoms with Crippen molar-refractivity contribution in [3.63, 3.8) is 0 Å². The second kappa shape index (κ2) is 6.19. The minimum absolute atomic E-state index is 0.113. The normalized spacial score (nSPS) is 38.7. The van der Waals surface area contributed by atoms with Crippen molar-refractivity contribution in [3.05, 3.63) is 35.4 Å². The molecule has 7 atom stereocenters. The van der Waals surface area contributed by atoms with E-state index in [0.29, 0.717) is 6.42 Å². The van der Waals surface area contributed by atoms with Crippen molar-refractivity contribution in [2.24, 2.45) is 17.8 Å². The van der Waals surface area contributed by atoms with Crippen LogP contribution in [0.25, 0.3) is 0 Å². The van der Waals surface area contributed by atoms with E-state index in [-0.39, 0.29) is 47.6 Å². The highest BCUT2D eigenvalue weighted by Crippen LogP contribution is 2.51. The minimum atomic E-state index is -0.582. The third kappa shape index (κ3) is 2.24. The van der Waals surface area contributed by atoms with Crippen molar-refractivity contribution in [2.75, 3.05) is 14.2 Å². The van der Waals surface area contributed by atoms with Crippen LogP contribution < -0.4 is 5.32 Å². The molecule has 3 fully saturated rings. The average molecular weight is 353 g/mol. The molecule has 0 saturated carbocycles. The van der Waals surface area contributed by atoms with Crippen molar-refractivity contribution in [3.8, 4) is 6.07 Å². The number of carbonyl (C=O) groups is 2. The molecule has 3 aliphatic rings. The predicted molar refractivity (Wildman–Crippen MR) is 93.9 cm³/mol. The molecule has 1 aromatic rings. The van der Waals surface area contributed by atoms with Gasteiger partial charge >= 0.3 is 5.97 Å². The fraction of sp³-hybridized carbons (Fsp3) is 0.550. The Kier molecular flexibility index (Phi) is 4.09. The number of likely N-dealkylation sites (N-methyl/N-ethyl adjacent to an activating group) is 1. The van der Waals surface area contributed by atoms with Crippen LogP contribution in [0.15, 0.2) is 24.3 Å². The van der Waals surface area contributed by atoms with Gasteiger partial charge < -0.3 is 4.74 Å². The number of nitriles is 1. The van der Waals surface area contributed by atoms with Crippen molar-refractivity contribution in [2.45, 2.75) is 37.5 Å². The summed E-state index contributed by atoms with van der Waals surface area (Å²) >= 11 is 0. The van der Waals surface area contributed by atoms with Gasteiger partial charge in [0.1, 0.15) is 6.04 Å². The van der Waals surface area contributed by atoms with Crippen LogP contribution in [-0.4, -0.2) is 48.9 Å². The predicted octanol–water partition coefficient (Wildman–Crippen LogP) is 1.21. The number of Topliss-reactive ketones (excluding diaryl/α,β-unsaturated/α-hetero) is 1. The maximum atomic E-state index is 13.3. The maximum Gasteiger partial charge on any atom is 0.323 e. The van der Waals surface area contributed by atoms with Gasteiger partial charge in [0.2, 0.25) is 0 Å². The summed E-state index contributed by atoms with van der Waals surface area (Å²) in [5.74, 6) is -1.04. The van der Waals surface area contributed by atoms with Gasteiger partial charge in [0.15, 0.2) is 5.78 Å². The molecule has 1 aromatic carbocycles. The standard InChI is InChI=1S/C20H23N3O3/c1-10-6-4-5-7-12(10)16-15-14(17(22-16)20(25)26-3)18-11(9-21)8-13(19(15)24)23(18)2/h4-7,11,13-18,22H,8H2,1-3H3/t11-,13+,14+,15-,16+,17+,18+/m0/s1. The Balaban J connectivity index is 1.83. The SMILES string of the molecule is COC(=O)[C@@H]1N[C@H](c2ccccc2C)[C@H]2C(=O)[C@H]3C[C@@H](C#N)[C@H]([C@H]21)N3C. The van der Waals surface area contributed by atoms with Gasteiger partial charge in [-0.1, -0.05) is 24.3 Å². The van der Waals surface area contributed by atoms with E-state index in [2.05, 4.69) is 11.4 Å². The van der Waals surface area contributed by atoms with E-state index in [9.17, 15) is 14.9 Å². The molecule has 0 radical (unpaired) electrons. The van der Waals surface area contributed by atoms with E-state index < -0.39 is 6.04 Å². The molecule has 0 spiro atoms. The number of fused-ring (bicyclic) bond motifs is 4. The molecule has 136 valence electrons. The van der Waals surface area contributed by atoms with Gasteiger partial charge in [-0.05, 0) is 31.5 Å². The molecule has 6 heteroatoms. The molecule has 4 rings (SSSR count). The highest BCUT2D eigenvalue weighted by Gasteiger charge is 2.64. The first-order valence-electron chi connectivity index (χ1n) is 9.04. The smallest absolute Gasteiger partial charge is 0.323 e. The van der Waals surface area contributed by atoms with Crippen molar-refractivity contribution >= 4 is 11.8 Å². The summed E-state index contributed by atoms with van der Waals surface area (Å²) < 4.78 is 5.03. The number of nitrogens with zero attached hydrogens (tertiary/aromatic N) is 2. The Morgan fingerprint density at radius 1 is 1.38 bits per heavy atom. The largest absolute Gasteiger partial charge is 0.468 e. The number of ether oxygens (including phenoxy) is 1. The summed E-state index contributed by atoms with van der Waals surface area (Å²) in [5, 5.41) is 13.0. The second-order valence-corrected chi connectivity index (χ2v) is 7.65. The second-order valence-electron chi connectivity index (χ2n) is 7.65. The van der Waals surface area contributed by atoms with Gasteiger partial charge in [0.05, 0.1) is 25.1 Å². The fourth-order valence-corrected chi connectivity index (χ4v) is 5.42. The van der Waals surface area contributed by atoms with Crippen LogP contribution in [0.4, 0.5) is 0 Å². The molecule has 6 nitrogen and oxygen atoms in total. The number of piperidine rings is 1. The minimum Gasteiger partial charge on any atom is -0.468 e. The summed E-state index contributed by atoms with van der Waals surface area (Å²) in [5.41, 5.74) is 2.13. The van der Waals surface area contributed by atoms with E-state index >= 15 is 0 Å². The topological polar surface area (TPSA) is 82.4 Å². The zero-order valence-electron chi connectivity index (χ0n) is 15.2. The maximum absolute atomic E-state index is 13.3. The first-order valence-corrected chi connectivity index (χ1v) is 9.04. The van der Waals surface area contributed by atoms with Gasteiger partial charge in [0.25, 0.3) is 0 Å². The Morgan fingerprint density at radius 3 is 2.77 bits per heavy atom. The first-order chi connectivity index (χ1) is 12.5.